The average Bonchev–Trinajstić information content (AvgIpc) is 2.83. The van der Waals surface area contributed by atoms with E-state index in [0.29, 0.717) is 0 Å². The van der Waals surface area contributed by atoms with E-state index >= 15 is 0 Å². The highest BCUT2D eigenvalue weighted by Gasteiger charge is 2.32. The fourth-order valence-corrected chi connectivity index (χ4v) is 2.30. The van der Waals surface area contributed by atoms with Crippen LogP contribution in [0.3, 0.4) is 0 Å². The van der Waals surface area contributed by atoms with Crippen LogP contribution in [0.25, 0.3) is 0 Å². The molecule has 0 aromatic heterocycles. The summed E-state index contributed by atoms with van der Waals surface area (Å²) in [4.78, 5) is 10.8. The molecule has 1 aromatic carbocycles. The van der Waals surface area contributed by atoms with Gasteiger partial charge in [-0.1, -0.05) is 0 Å². The molecule has 0 aliphatic carbocycles. The lowest BCUT2D eigenvalue weighted by Crippen LogP contribution is -2.18. The van der Waals surface area contributed by atoms with Gasteiger partial charge < -0.3 is 15.2 Å². The molecule has 1 saturated heterocycles. The number of methoxy groups -OCH3 is 1. The minimum Gasteiger partial charge on any atom is -0.481 e. The molecule has 1 fully saturated rings. The van der Waals surface area contributed by atoms with Gasteiger partial charge in [-0.2, -0.15) is 0 Å². The minimum absolute atomic E-state index is 0.00111. The van der Waals surface area contributed by atoms with Crippen LogP contribution in [0.1, 0.15) is 23.6 Å². The molecule has 2 atom stereocenters. The van der Waals surface area contributed by atoms with Crippen LogP contribution in [0.5, 0.6) is 0 Å². The van der Waals surface area contributed by atoms with E-state index < -0.39 is 29.6 Å². The number of halogens is 2. The number of carboxylic acid groups (broad SMARTS) is 1. The van der Waals surface area contributed by atoms with E-state index in [1.165, 1.54) is 7.11 Å². The van der Waals surface area contributed by atoms with Crippen molar-refractivity contribution >= 4 is 5.97 Å². The van der Waals surface area contributed by atoms with Gasteiger partial charge in [0.25, 0.3) is 0 Å². The Labute approximate surface area is 109 Å². The number of benzene rings is 1. The molecule has 0 amide bonds. The van der Waals surface area contributed by atoms with Gasteiger partial charge in [-0.05, 0) is 18.6 Å². The first-order valence-electron chi connectivity index (χ1n) is 5.96. The zero-order valence-corrected chi connectivity index (χ0v) is 10.5. The molecule has 19 heavy (non-hydrogen) atoms. The van der Waals surface area contributed by atoms with E-state index in [0.717, 1.165) is 12.1 Å². The highest BCUT2D eigenvalue weighted by atomic mass is 19.1. The Bertz CT molecular complexity index is 493. The second-order valence-corrected chi connectivity index (χ2v) is 4.63. The Morgan fingerprint density at radius 2 is 2.21 bits per heavy atom. The van der Waals surface area contributed by atoms with E-state index in [2.05, 4.69) is 5.32 Å². The Balaban J connectivity index is 2.22. The van der Waals surface area contributed by atoms with Crippen molar-refractivity contribution in [2.24, 2.45) is 5.92 Å². The van der Waals surface area contributed by atoms with E-state index in [1.807, 2.05) is 0 Å². The van der Waals surface area contributed by atoms with Crippen molar-refractivity contribution in [1.82, 2.24) is 5.32 Å². The summed E-state index contributed by atoms with van der Waals surface area (Å²) in [6, 6.07) is 1.75. The van der Waals surface area contributed by atoms with E-state index in [-0.39, 0.29) is 30.7 Å². The molecule has 2 N–H and O–H groups in total. The Hall–Kier alpha value is -1.53. The van der Waals surface area contributed by atoms with Crippen molar-refractivity contribution in [1.29, 1.82) is 0 Å². The van der Waals surface area contributed by atoms with Crippen molar-refractivity contribution in [2.45, 2.75) is 19.1 Å². The summed E-state index contributed by atoms with van der Waals surface area (Å²) in [6.07, 6.45) is 0.259. The fourth-order valence-electron chi connectivity index (χ4n) is 2.30. The molecule has 4 nitrogen and oxygen atoms in total. The van der Waals surface area contributed by atoms with Crippen LogP contribution in [-0.2, 0) is 16.1 Å². The van der Waals surface area contributed by atoms with Gasteiger partial charge in [0.2, 0.25) is 0 Å². The molecule has 2 unspecified atom stereocenters. The maximum Gasteiger partial charge on any atom is 0.307 e. The van der Waals surface area contributed by atoms with Crippen LogP contribution in [-0.4, -0.2) is 24.7 Å². The maximum absolute atomic E-state index is 13.9. The van der Waals surface area contributed by atoms with Crippen LogP contribution in [0, 0.1) is 17.6 Å². The third-order valence-corrected chi connectivity index (χ3v) is 3.32. The summed E-state index contributed by atoms with van der Waals surface area (Å²) >= 11 is 0. The SMILES string of the molecule is COCc1cc(F)c(C2CC(C(=O)O)CN2)cc1F. The van der Waals surface area contributed by atoms with Gasteiger partial charge in [0.1, 0.15) is 11.6 Å². The van der Waals surface area contributed by atoms with Gasteiger partial charge in [-0.3, -0.25) is 4.79 Å². The van der Waals surface area contributed by atoms with Gasteiger partial charge >= 0.3 is 5.97 Å². The van der Waals surface area contributed by atoms with Crippen LogP contribution in [0.4, 0.5) is 8.78 Å². The molecule has 0 radical (unpaired) electrons. The standard InChI is InChI=1S/C13H15F2NO3/c1-19-6-8-2-11(15)9(4-10(8)14)12-3-7(5-16-12)13(17)18/h2,4,7,12,16H,3,5-6H2,1H3,(H,17,18). The summed E-state index contributed by atoms with van der Waals surface area (Å²) in [7, 11) is 1.40. The molecule has 1 aliphatic rings. The van der Waals surface area contributed by atoms with Crippen LogP contribution < -0.4 is 5.32 Å². The number of carboxylic acids is 1. The second kappa shape index (κ2) is 5.63. The summed E-state index contributed by atoms with van der Waals surface area (Å²) in [6.45, 7) is 0.264. The van der Waals surface area contributed by atoms with Gasteiger partial charge in [0.15, 0.2) is 0 Å². The number of rotatable bonds is 4. The van der Waals surface area contributed by atoms with Crippen molar-refractivity contribution in [3.8, 4) is 0 Å². The summed E-state index contributed by atoms with van der Waals surface area (Å²) in [5.74, 6) is -2.58. The number of hydrogen-bond donors (Lipinski definition) is 2. The molecule has 0 bridgehead atoms. The second-order valence-electron chi connectivity index (χ2n) is 4.63. The van der Waals surface area contributed by atoms with Crippen molar-refractivity contribution in [3.05, 3.63) is 34.9 Å². The lowest BCUT2D eigenvalue weighted by atomic mass is 9.98. The third-order valence-electron chi connectivity index (χ3n) is 3.32. The largest absolute Gasteiger partial charge is 0.481 e. The molecule has 0 spiro atoms. The smallest absolute Gasteiger partial charge is 0.307 e. The van der Waals surface area contributed by atoms with Gasteiger partial charge in [0, 0.05) is 30.8 Å². The number of aliphatic carboxylic acids is 1. The highest BCUT2D eigenvalue weighted by Crippen LogP contribution is 2.30. The van der Waals surface area contributed by atoms with Crippen LogP contribution in [0.2, 0.25) is 0 Å². The molecule has 1 heterocycles. The van der Waals surface area contributed by atoms with Gasteiger partial charge in [-0.25, -0.2) is 8.78 Å². The Kier molecular flexibility index (Phi) is 4.11. The maximum atomic E-state index is 13.9. The lowest BCUT2D eigenvalue weighted by molar-refractivity contribution is -0.141. The van der Waals surface area contributed by atoms with Crippen LogP contribution >= 0.6 is 0 Å². The molecule has 1 aliphatic heterocycles. The Morgan fingerprint density at radius 1 is 1.47 bits per heavy atom. The molecule has 0 saturated carbocycles. The molecule has 104 valence electrons. The third kappa shape index (κ3) is 2.90. The van der Waals surface area contributed by atoms with Gasteiger partial charge in [-0.15, -0.1) is 0 Å². The number of hydrogen-bond acceptors (Lipinski definition) is 3. The Morgan fingerprint density at radius 3 is 2.79 bits per heavy atom. The zero-order chi connectivity index (χ0) is 14.0. The first-order valence-corrected chi connectivity index (χ1v) is 5.96. The number of carbonyl (C=O) groups is 1. The van der Waals surface area contributed by atoms with Crippen molar-refractivity contribution in [3.63, 3.8) is 0 Å². The topological polar surface area (TPSA) is 58.6 Å². The first kappa shape index (κ1) is 13.9. The first-order chi connectivity index (χ1) is 9.02. The molecular weight excluding hydrogens is 256 g/mol. The van der Waals surface area contributed by atoms with Crippen molar-refractivity contribution < 1.29 is 23.4 Å². The number of nitrogens with one attached hydrogen (secondary N) is 1. The van der Waals surface area contributed by atoms with E-state index in [4.69, 9.17) is 9.84 Å². The average molecular weight is 271 g/mol. The summed E-state index contributed by atoms with van der Waals surface area (Å²) < 4.78 is 32.4. The monoisotopic (exact) mass is 271 g/mol. The predicted octanol–water partition coefficient (Wildman–Crippen LogP) is 1.85. The molecule has 1 aromatic rings. The zero-order valence-electron chi connectivity index (χ0n) is 10.5. The lowest BCUT2D eigenvalue weighted by Gasteiger charge is -2.13. The van der Waals surface area contributed by atoms with E-state index in [1.54, 1.807) is 0 Å². The summed E-state index contributed by atoms with van der Waals surface area (Å²) in [5, 5.41) is 11.8. The van der Waals surface area contributed by atoms with Crippen LogP contribution in [0.15, 0.2) is 12.1 Å². The number of ether oxygens (including phenoxy) is 1. The predicted molar refractivity (Wildman–Crippen MR) is 63.6 cm³/mol. The van der Waals surface area contributed by atoms with Crippen molar-refractivity contribution in [2.75, 3.05) is 13.7 Å². The molecule has 2 rings (SSSR count). The molecule has 6 heteroatoms. The van der Waals surface area contributed by atoms with Gasteiger partial charge in [0.05, 0.1) is 12.5 Å². The summed E-state index contributed by atoms with van der Waals surface area (Å²) in [5.41, 5.74) is 0.317. The normalized spacial score (nSPS) is 22.7. The fraction of sp³-hybridized carbons (Fsp3) is 0.462. The highest BCUT2D eigenvalue weighted by molar-refractivity contribution is 5.70. The molecular formula is C13H15F2NO3. The van der Waals surface area contributed by atoms with E-state index in [9.17, 15) is 13.6 Å². The quantitative estimate of drug-likeness (QED) is 0.877. The minimum atomic E-state index is -0.924.